The molecule has 0 aromatic rings. The van der Waals surface area contributed by atoms with Crippen molar-refractivity contribution < 1.29 is 4.79 Å². The molecule has 0 atom stereocenters. The average Bonchev–Trinajstić information content (AvgIpc) is 1.85. The Bertz CT molecular complexity index is 164. The molecule has 0 aliphatic heterocycles. The summed E-state index contributed by atoms with van der Waals surface area (Å²) in [5.41, 5.74) is 0.0421. The number of carbonyl (C=O) groups excluding carboxylic acids is 1. The standard InChI is InChI=1S/C9H20N2O/c1-8(12)11(6)7-9(2,3)10(4)5/h7H2,1-6H3. The van der Waals surface area contributed by atoms with Crippen molar-refractivity contribution in [3.63, 3.8) is 0 Å². The SMILES string of the molecule is CC(=O)N(C)CC(C)(C)N(C)C. The lowest BCUT2D eigenvalue weighted by Crippen LogP contribution is -2.48. The van der Waals surface area contributed by atoms with Crippen LogP contribution in [0.4, 0.5) is 0 Å². The Kier molecular flexibility index (Phi) is 3.71. The second-order valence-corrected chi connectivity index (χ2v) is 4.08. The van der Waals surface area contributed by atoms with Gasteiger partial charge in [-0.3, -0.25) is 4.79 Å². The molecule has 0 spiro atoms. The van der Waals surface area contributed by atoms with Gasteiger partial charge in [-0.25, -0.2) is 0 Å². The minimum absolute atomic E-state index is 0.0421. The van der Waals surface area contributed by atoms with E-state index in [1.807, 2.05) is 21.1 Å². The van der Waals surface area contributed by atoms with E-state index in [9.17, 15) is 4.79 Å². The smallest absolute Gasteiger partial charge is 0.219 e. The van der Waals surface area contributed by atoms with Crippen LogP contribution in [0.15, 0.2) is 0 Å². The maximum atomic E-state index is 11.0. The molecule has 0 unspecified atom stereocenters. The summed E-state index contributed by atoms with van der Waals surface area (Å²) in [6.07, 6.45) is 0. The molecule has 3 heteroatoms. The zero-order valence-corrected chi connectivity index (χ0v) is 9.01. The van der Waals surface area contributed by atoms with Gasteiger partial charge < -0.3 is 9.80 Å². The number of rotatable bonds is 3. The Morgan fingerprint density at radius 1 is 1.25 bits per heavy atom. The largest absolute Gasteiger partial charge is 0.344 e. The van der Waals surface area contributed by atoms with Crippen LogP contribution in [0, 0.1) is 0 Å². The van der Waals surface area contributed by atoms with E-state index >= 15 is 0 Å². The van der Waals surface area contributed by atoms with E-state index in [0.29, 0.717) is 0 Å². The first-order valence-corrected chi connectivity index (χ1v) is 4.16. The average molecular weight is 172 g/mol. The van der Waals surface area contributed by atoms with Crippen molar-refractivity contribution in [3.05, 3.63) is 0 Å². The number of hydrogen-bond acceptors (Lipinski definition) is 2. The summed E-state index contributed by atoms with van der Waals surface area (Å²) in [5.74, 6) is 0.116. The molecular formula is C9H20N2O. The molecule has 0 aromatic heterocycles. The number of amides is 1. The third-order valence-corrected chi connectivity index (χ3v) is 2.37. The van der Waals surface area contributed by atoms with Gasteiger partial charge in [0.2, 0.25) is 5.91 Å². The molecule has 0 aromatic carbocycles. The Morgan fingerprint density at radius 3 is 1.92 bits per heavy atom. The van der Waals surface area contributed by atoms with Crippen molar-refractivity contribution in [1.82, 2.24) is 9.80 Å². The fourth-order valence-electron chi connectivity index (χ4n) is 0.833. The molecule has 0 radical (unpaired) electrons. The molecule has 0 fully saturated rings. The van der Waals surface area contributed by atoms with Gasteiger partial charge in [0.1, 0.15) is 0 Å². The summed E-state index contributed by atoms with van der Waals surface area (Å²) in [6, 6.07) is 0. The van der Waals surface area contributed by atoms with Gasteiger partial charge in [-0.15, -0.1) is 0 Å². The molecule has 0 N–H and O–H groups in total. The van der Waals surface area contributed by atoms with E-state index in [4.69, 9.17) is 0 Å². The molecule has 0 saturated heterocycles. The van der Waals surface area contributed by atoms with Crippen molar-refractivity contribution in [1.29, 1.82) is 0 Å². The van der Waals surface area contributed by atoms with Crippen LogP contribution in [0.2, 0.25) is 0 Å². The first-order chi connectivity index (χ1) is 5.27. The maximum absolute atomic E-state index is 11.0. The van der Waals surface area contributed by atoms with Crippen molar-refractivity contribution in [2.45, 2.75) is 26.3 Å². The summed E-state index contributed by atoms with van der Waals surface area (Å²) in [6.45, 7) is 6.58. The predicted octanol–water partition coefficient (Wildman–Crippen LogP) is 0.805. The Labute approximate surface area is 75.3 Å². The van der Waals surface area contributed by atoms with Crippen LogP contribution < -0.4 is 0 Å². The van der Waals surface area contributed by atoms with E-state index < -0.39 is 0 Å². The molecule has 0 aliphatic rings. The predicted molar refractivity (Wildman–Crippen MR) is 51.1 cm³/mol. The Hall–Kier alpha value is -0.570. The van der Waals surface area contributed by atoms with Crippen LogP contribution >= 0.6 is 0 Å². The van der Waals surface area contributed by atoms with E-state index in [2.05, 4.69) is 18.7 Å². The van der Waals surface area contributed by atoms with Crippen LogP contribution in [0.1, 0.15) is 20.8 Å². The van der Waals surface area contributed by atoms with E-state index in [-0.39, 0.29) is 11.4 Å². The van der Waals surface area contributed by atoms with Gasteiger partial charge in [0, 0.05) is 26.1 Å². The normalized spacial score (nSPS) is 11.9. The van der Waals surface area contributed by atoms with Gasteiger partial charge in [-0.1, -0.05) is 0 Å². The summed E-state index contributed by atoms with van der Waals surface area (Å²) in [4.78, 5) is 14.8. The summed E-state index contributed by atoms with van der Waals surface area (Å²) in [5, 5.41) is 0. The first kappa shape index (κ1) is 11.4. The summed E-state index contributed by atoms with van der Waals surface area (Å²) < 4.78 is 0. The quantitative estimate of drug-likeness (QED) is 0.629. The van der Waals surface area contributed by atoms with Gasteiger partial charge >= 0.3 is 0 Å². The van der Waals surface area contributed by atoms with Gasteiger partial charge in [0.15, 0.2) is 0 Å². The molecule has 3 nitrogen and oxygen atoms in total. The van der Waals surface area contributed by atoms with E-state index in [1.54, 1.807) is 11.8 Å². The van der Waals surface area contributed by atoms with Crippen LogP contribution in [-0.4, -0.2) is 48.9 Å². The minimum Gasteiger partial charge on any atom is -0.344 e. The fourth-order valence-corrected chi connectivity index (χ4v) is 0.833. The van der Waals surface area contributed by atoms with Crippen molar-refractivity contribution in [3.8, 4) is 0 Å². The van der Waals surface area contributed by atoms with Crippen LogP contribution in [0.3, 0.4) is 0 Å². The highest BCUT2D eigenvalue weighted by atomic mass is 16.2. The Morgan fingerprint density at radius 2 is 1.67 bits per heavy atom. The minimum atomic E-state index is 0.0421. The molecule has 12 heavy (non-hydrogen) atoms. The zero-order chi connectivity index (χ0) is 9.94. The van der Waals surface area contributed by atoms with Crippen molar-refractivity contribution >= 4 is 5.91 Å². The molecule has 0 aliphatic carbocycles. The molecule has 0 saturated carbocycles. The first-order valence-electron chi connectivity index (χ1n) is 4.16. The lowest BCUT2D eigenvalue weighted by Gasteiger charge is -2.35. The molecular weight excluding hydrogens is 152 g/mol. The number of hydrogen-bond donors (Lipinski definition) is 0. The van der Waals surface area contributed by atoms with Crippen LogP contribution in [-0.2, 0) is 4.79 Å². The lowest BCUT2D eigenvalue weighted by atomic mass is 10.0. The fraction of sp³-hybridized carbons (Fsp3) is 0.889. The third-order valence-electron chi connectivity index (χ3n) is 2.37. The third kappa shape index (κ3) is 3.22. The van der Waals surface area contributed by atoms with Crippen LogP contribution in [0.25, 0.3) is 0 Å². The Balaban J connectivity index is 4.15. The second kappa shape index (κ2) is 3.90. The number of likely N-dealkylation sites (N-methyl/N-ethyl adjacent to an activating group) is 2. The number of carbonyl (C=O) groups is 1. The molecule has 0 heterocycles. The highest BCUT2D eigenvalue weighted by Gasteiger charge is 2.23. The molecule has 72 valence electrons. The van der Waals surface area contributed by atoms with E-state index in [1.165, 1.54) is 0 Å². The number of nitrogens with zero attached hydrogens (tertiary/aromatic N) is 2. The molecule has 0 rings (SSSR count). The monoisotopic (exact) mass is 172 g/mol. The highest BCUT2D eigenvalue weighted by Crippen LogP contribution is 2.10. The van der Waals surface area contributed by atoms with Gasteiger partial charge in [0.25, 0.3) is 0 Å². The zero-order valence-electron chi connectivity index (χ0n) is 9.01. The van der Waals surface area contributed by atoms with E-state index in [0.717, 1.165) is 6.54 Å². The lowest BCUT2D eigenvalue weighted by molar-refractivity contribution is -0.128. The van der Waals surface area contributed by atoms with Gasteiger partial charge in [-0.05, 0) is 27.9 Å². The van der Waals surface area contributed by atoms with Gasteiger partial charge in [-0.2, -0.15) is 0 Å². The van der Waals surface area contributed by atoms with Gasteiger partial charge in [0.05, 0.1) is 0 Å². The summed E-state index contributed by atoms with van der Waals surface area (Å²) >= 11 is 0. The maximum Gasteiger partial charge on any atom is 0.219 e. The topological polar surface area (TPSA) is 23.6 Å². The van der Waals surface area contributed by atoms with Crippen molar-refractivity contribution in [2.75, 3.05) is 27.7 Å². The molecule has 0 bridgehead atoms. The van der Waals surface area contributed by atoms with Crippen molar-refractivity contribution in [2.24, 2.45) is 0 Å². The van der Waals surface area contributed by atoms with Crippen LogP contribution in [0.5, 0.6) is 0 Å². The highest BCUT2D eigenvalue weighted by molar-refractivity contribution is 5.72. The second-order valence-electron chi connectivity index (χ2n) is 4.08. The molecule has 1 amide bonds. The summed E-state index contributed by atoms with van der Waals surface area (Å²) in [7, 11) is 5.87.